The Balaban J connectivity index is 1.95. The lowest BCUT2D eigenvalue weighted by Gasteiger charge is -2.06. The molecule has 0 unspecified atom stereocenters. The number of nitro groups is 1. The molecular formula is C15H9Cl2N3O4S2. The second kappa shape index (κ2) is 7.20. The van der Waals surface area contributed by atoms with Gasteiger partial charge in [0.15, 0.2) is 10.0 Å². The third-order valence-electron chi connectivity index (χ3n) is 3.28. The fourth-order valence-electron chi connectivity index (χ4n) is 2.14. The van der Waals surface area contributed by atoms with Gasteiger partial charge in [-0.2, -0.15) is 0 Å². The first-order valence-corrected chi connectivity index (χ1v) is 10.1. The number of hydrogen-bond donors (Lipinski definition) is 1. The number of anilines is 1. The highest BCUT2D eigenvalue weighted by molar-refractivity contribution is 7.93. The van der Waals surface area contributed by atoms with E-state index in [1.165, 1.54) is 6.07 Å². The van der Waals surface area contributed by atoms with Crippen LogP contribution in [0, 0.1) is 10.1 Å². The summed E-state index contributed by atoms with van der Waals surface area (Å²) in [5, 5.41) is 13.4. The fraction of sp³-hybridized carbons (Fsp3) is 0. The molecule has 0 aliphatic heterocycles. The van der Waals surface area contributed by atoms with Crippen LogP contribution in [0.25, 0.3) is 11.3 Å². The van der Waals surface area contributed by atoms with Crippen molar-refractivity contribution in [1.82, 2.24) is 4.98 Å². The molecule has 1 aromatic heterocycles. The molecular weight excluding hydrogens is 421 g/mol. The smallest absolute Gasteiger partial charge is 0.258 e. The van der Waals surface area contributed by atoms with Crippen molar-refractivity contribution in [3.05, 3.63) is 68.0 Å². The number of aromatic nitrogens is 1. The Bertz CT molecular complexity index is 1100. The average molecular weight is 430 g/mol. The summed E-state index contributed by atoms with van der Waals surface area (Å²) in [5.41, 5.74) is 0.519. The second-order valence-electron chi connectivity index (χ2n) is 4.99. The van der Waals surface area contributed by atoms with Crippen LogP contribution in [0.15, 0.2) is 52.7 Å². The van der Waals surface area contributed by atoms with Gasteiger partial charge in [0, 0.05) is 27.1 Å². The molecule has 0 fully saturated rings. The average Bonchev–Trinajstić information content (AvgIpc) is 3.02. The molecule has 0 saturated carbocycles. The molecule has 0 atom stereocenters. The number of sulfonamides is 1. The molecule has 7 nitrogen and oxygen atoms in total. The van der Waals surface area contributed by atoms with Gasteiger partial charge in [0.1, 0.15) is 0 Å². The van der Waals surface area contributed by atoms with Crippen molar-refractivity contribution < 1.29 is 13.3 Å². The van der Waals surface area contributed by atoms with Gasteiger partial charge in [0.25, 0.3) is 15.7 Å². The molecule has 0 saturated heterocycles. The minimum atomic E-state index is -4.22. The Kier molecular flexibility index (Phi) is 5.15. The number of nitrogens with zero attached hydrogens (tertiary/aromatic N) is 2. The number of nitrogens with one attached hydrogen (secondary N) is 1. The van der Waals surface area contributed by atoms with E-state index in [4.69, 9.17) is 23.2 Å². The van der Waals surface area contributed by atoms with Gasteiger partial charge in [-0.1, -0.05) is 41.4 Å². The number of hydrogen-bond acceptors (Lipinski definition) is 6. The molecule has 0 radical (unpaired) electrons. The lowest BCUT2D eigenvalue weighted by atomic mass is 10.2. The van der Waals surface area contributed by atoms with E-state index in [0.29, 0.717) is 16.3 Å². The molecule has 1 N–H and O–H groups in total. The Labute approximate surface area is 162 Å². The van der Waals surface area contributed by atoms with E-state index in [0.717, 1.165) is 23.5 Å². The highest BCUT2D eigenvalue weighted by Gasteiger charge is 2.27. The molecule has 3 rings (SSSR count). The summed E-state index contributed by atoms with van der Waals surface area (Å²) in [7, 11) is -4.22. The first kappa shape index (κ1) is 18.6. The molecule has 26 heavy (non-hydrogen) atoms. The van der Waals surface area contributed by atoms with E-state index in [9.17, 15) is 18.5 Å². The first-order chi connectivity index (χ1) is 12.3. The number of halogens is 2. The summed E-state index contributed by atoms with van der Waals surface area (Å²) in [4.78, 5) is 14.0. The van der Waals surface area contributed by atoms with E-state index in [-0.39, 0.29) is 10.2 Å². The highest BCUT2D eigenvalue weighted by Crippen LogP contribution is 2.33. The maximum atomic E-state index is 12.5. The van der Waals surface area contributed by atoms with Crippen molar-refractivity contribution in [2.75, 3.05) is 4.72 Å². The molecule has 11 heteroatoms. The molecule has 0 spiro atoms. The van der Waals surface area contributed by atoms with Gasteiger partial charge in [0.05, 0.1) is 10.6 Å². The first-order valence-electron chi connectivity index (χ1n) is 6.95. The fourth-order valence-corrected chi connectivity index (χ4v) is 4.66. The van der Waals surface area contributed by atoms with Crippen molar-refractivity contribution in [3.63, 3.8) is 0 Å². The Morgan fingerprint density at radius 3 is 2.58 bits per heavy atom. The van der Waals surface area contributed by atoms with Crippen LogP contribution in [0.3, 0.4) is 0 Å². The number of rotatable bonds is 5. The maximum Gasteiger partial charge on any atom is 0.291 e. The monoisotopic (exact) mass is 429 g/mol. The van der Waals surface area contributed by atoms with Crippen LogP contribution in [0.1, 0.15) is 0 Å². The Morgan fingerprint density at radius 2 is 1.88 bits per heavy atom. The minimum Gasteiger partial charge on any atom is -0.258 e. The zero-order valence-electron chi connectivity index (χ0n) is 12.7. The van der Waals surface area contributed by atoms with Gasteiger partial charge in [-0.15, -0.1) is 11.3 Å². The predicted molar refractivity (Wildman–Crippen MR) is 101 cm³/mol. The third kappa shape index (κ3) is 3.80. The maximum absolute atomic E-state index is 12.5. The normalized spacial score (nSPS) is 11.3. The van der Waals surface area contributed by atoms with Crippen LogP contribution in [-0.4, -0.2) is 18.3 Å². The SMILES string of the molecule is O=[N+]([O-])c1cc(Cl)ccc1S(=O)(=O)Nc1nc(-c2ccccc2Cl)cs1. The third-order valence-corrected chi connectivity index (χ3v) is 6.12. The standard InChI is InChI=1S/C15H9Cl2N3O4S2/c16-9-5-6-14(13(7-9)20(21)22)26(23,24)19-15-18-12(8-25-15)10-3-1-2-4-11(10)17/h1-8H,(H,18,19). The predicted octanol–water partition coefficient (Wildman–Crippen LogP) is 4.83. The van der Waals surface area contributed by atoms with Gasteiger partial charge in [0.2, 0.25) is 0 Å². The van der Waals surface area contributed by atoms with E-state index in [1.807, 2.05) is 0 Å². The number of thiazole rings is 1. The lowest BCUT2D eigenvalue weighted by molar-refractivity contribution is -0.387. The van der Waals surface area contributed by atoms with Crippen LogP contribution in [0.2, 0.25) is 10.0 Å². The summed E-state index contributed by atoms with van der Waals surface area (Å²) in [6.45, 7) is 0. The van der Waals surface area contributed by atoms with Crippen molar-refractivity contribution in [3.8, 4) is 11.3 Å². The summed E-state index contributed by atoms with van der Waals surface area (Å²) in [5.74, 6) is 0. The van der Waals surface area contributed by atoms with Crippen LogP contribution in [0.4, 0.5) is 10.8 Å². The molecule has 0 amide bonds. The van der Waals surface area contributed by atoms with Gasteiger partial charge < -0.3 is 0 Å². The molecule has 1 heterocycles. The van der Waals surface area contributed by atoms with Crippen molar-refractivity contribution >= 4 is 55.4 Å². The van der Waals surface area contributed by atoms with E-state index >= 15 is 0 Å². The Hall–Kier alpha value is -2.20. The van der Waals surface area contributed by atoms with Crippen LogP contribution in [0.5, 0.6) is 0 Å². The number of nitro benzene ring substituents is 1. The topological polar surface area (TPSA) is 102 Å². The van der Waals surface area contributed by atoms with Crippen LogP contribution >= 0.6 is 34.5 Å². The van der Waals surface area contributed by atoms with E-state index in [1.54, 1.807) is 29.6 Å². The van der Waals surface area contributed by atoms with Crippen molar-refractivity contribution in [1.29, 1.82) is 0 Å². The number of benzene rings is 2. The Morgan fingerprint density at radius 1 is 1.15 bits per heavy atom. The van der Waals surface area contributed by atoms with Gasteiger partial charge in [-0.3, -0.25) is 14.8 Å². The summed E-state index contributed by atoms with van der Waals surface area (Å²) in [6.07, 6.45) is 0. The second-order valence-corrected chi connectivity index (χ2v) is 8.34. The van der Waals surface area contributed by atoms with E-state index < -0.39 is 25.5 Å². The molecule has 0 aliphatic carbocycles. The van der Waals surface area contributed by atoms with Gasteiger partial charge >= 0.3 is 0 Å². The lowest BCUT2D eigenvalue weighted by Crippen LogP contribution is -2.14. The van der Waals surface area contributed by atoms with Crippen LogP contribution in [-0.2, 0) is 10.0 Å². The zero-order valence-corrected chi connectivity index (χ0v) is 15.9. The minimum absolute atomic E-state index is 0.0594. The largest absolute Gasteiger partial charge is 0.291 e. The highest BCUT2D eigenvalue weighted by atomic mass is 35.5. The van der Waals surface area contributed by atoms with E-state index in [2.05, 4.69) is 9.71 Å². The summed E-state index contributed by atoms with van der Waals surface area (Å²) >= 11 is 12.9. The quantitative estimate of drug-likeness (QED) is 0.462. The molecule has 134 valence electrons. The van der Waals surface area contributed by atoms with Gasteiger partial charge in [-0.05, 0) is 18.2 Å². The molecule has 3 aromatic rings. The van der Waals surface area contributed by atoms with Gasteiger partial charge in [-0.25, -0.2) is 13.4 Å². The molecule has 2 aromatic carbocycles. The van der Waals surface area contributed by atoms with Crippen molar-refractivity contribution in [2.24, 2.45) is 0 Å². The summed E-state index contributed by atoms with van der Waals surface area (Å²) < 4.78 is 27.3. The zero-order chi connectivity index (χ0) is 18.9. The molecule has 0 bridgehead atoms. The van der Waals surface area contributed by atoms with Crippen LogP contribution < -0.4 is 4.72 Å². The van der Waals surface area contributed by atoms with Crippen molar-refractivity contribution in [2.45, 2.75) is 4.90 Å². The molecule has 0 aliphatic rings. The summed E-state index contributed by atoms with van der Waals surface area (Å²) in [6, 6.07) is 10.3.